The zero-order valence-electron chi connectivity index (χ0n) is 15.7. The van der Waals surface area contributed by atoms with Gasteiger partial charge in [0.25, 0.3) is 5.91 Å². The van der Waals surface area contributed by atoms with E-state index in [1.165, 1.54) is 0 Å². The van der Waals surface area contributed by atoms with Crippen LogP contribution in [-0.4, -0.2) is 10.9 Å². The Labute approximate surface area is 179 Å². The molecule has 29 heavy (non-hydrogen) atoms. The summed E-state index contributed by atoms with van der Waals surface area (Å²) in [5, 5.41) is 4.89. The second kappa shape index (κ2) is 8.24. The van der Waals surface area contributed by atoms with E-state index < -0.39 is 0 Å². The van der Waals surface area contributed by atoms with Gasteiger partial charge in [0.15, 0.2) is 0 Å². The first-order valence-electron chi connectivity index (χ1n) is 9.21. The van der Waals surface area contributed by atoms with Gasteiger partial charge in [-0.05, 0) is 42.3 Å². The Balaban J connectivity index is 1.82. The SMILES string of the molecule is Cc1c(-c2ccc(Cl)cc2Cl)nc2ccccc2c1C(=O)NCc1ccccc1. The lowest BCUT2D eigenvalue weighted by Crippen LogP contribution is -2.24. The van der Waals surface area contributed by atoms with Crippen LogP contribution in [0.2, 0.25) is 10.0 Å². The molecule has 3 aromatic carbocycles. The summed E-state index contributed by atoms with van der Waals surface area (Å²) in [6.45, 7) is 2.35. The minimum atomic E-state index is -0.142. The summed E-state index contributed by atoms with van der Waals surface area (Å²) >= 11 is 12.5. The fourth-order valence-corrected chi connectivity index (χ4v) is 3.91. The van der Waals surface area contributed by atoms with Gasteiger partial charge in [-0.1, -0.05) is 71.7 Å². The Bertz CT molecular complexity index is 1210. The molecule has 0 bridgehead atoms. The number of fused-ring (bicyclic) bond motifs is 1. The molecule has 1 amide bonds. The van der Waals surface area contributed by atoms with E-state index in [0.29, 0.717) is 27.8 Å². The molecule has 4 rings (SSSR count). The van der Waals surface area contributed by atoms with Crippen LogP contribution < -0.4 is 5.32 Å². The lowest BCUT2D eigenvalue weighted by Gasteiger charge is -2.15. The van der Waals surface area contributed by atoms with Crippen LogP contribution in [-0.2, 0) is 6.54 Å². The van der Waals surface area contributed by atoms with E-state index in [0.717, 1.165) is 27.6 Å². The maximum atomic E-state index is 13.2. The van der Waals surface area contributed by atoms with Crippen molar-refractivity contribution in [2.45, 2.75) is 13.5 Å². The number of amides is 1. The topological polar surface area (TPSA) is 42.0 Å². The van der Waals surface area contributed by atoms with Crippen molar-refractivity contribution in [3.8, 4) is 11.3 Å². The predicted octanol–water partition coefficient (Wildman–Crippen LogP) is 6.45. The molecule has 0 saturated carbocycles. The van der Waals surface area contributed by atoms with Gasteiger partial charge >= 0.3 is 0 Å². The number of hydrogen-bond acceptors (Lipinski definition) is 2. The van der Waals surface area contributed by atoms with Crippen molar-refractivity contribution in [3.05, 3.63) is 99.5 Å². The van der Waals surface area contributed by atoms with E-state index in [2.05, 4.69) is 5.32 Å². The van der Waals surface area contributed by atoms with Crippen molar-refractivity contribution in [2.24, 2.45) is 0 Å². The number of halogens is 2. The minimum absolute atomic E-state index is 0.142. The van der Waals surface area contributed by atoms with Gasteiger partial charge in [0.05, 0.1) is 21.8 Å². The summed E-state index contributed by atoms with van der Waals surface area (Å²) < 4.78 is 0. The van der Waals surface area contributed by atoms with Gasteiger partial charge in [-0.25, -0.2) is 4.98 Å². The Hall–Kier alpha value is -2.88. The van der Waals surface area contributed by atoms with E-state index in [1.807, 2.05) is 67.6 Å². The normalized spacial score (nSPS) is 10.9. The number of nitrogens with one attached hydrogen (secondary N) is 1. The first kappa shape index (κ1) is 19.4. The Morgan fingerprint density at radius 2 is 1.69 bits per heavy atom. The van der Waals surface area contributed by atoms with Crippen molar-refractivity contribution in [2.75, 3.05) is 0 Å². The molecule has 0 aliphatic rings. The van der Waals surface area contributed by atoms with Crippen molar-refractivity contribution in [3.63, 3.8) is 0 Å². The Kier molecular flexibility index (Phi) is 5.52. The molecule has 0 unspecified atom stereocenters. The van der Waals surface area contributed by atoms with Crippen molar-refractivity contribution in [1.82, 2.24) is 10.3 Å². The van der Waals surface area contributed by atoms with Gasteiger partial charge in [0.2, 0.25) is 0 Å². The van der Waals surface area contributed by atoms with Crippen molar-refractivity contribution >= 4 is 40.0 Å². The smallest absolute Gasteiger partial charge is 0.252 e. The third-order valence-electron chi connectivity index (χ3n) is 4.85. The molecule has 0 fully saturated rings. The van der Waals surface area contributed by atoms with Crippen LogP contribution in [0.1, 0.15) is 21.5 Å². The molecule has 0 saturated heterocycles. The highest BCUT2D eigenvalue weighted by molar-refractivity contribution is 6.36. The average Bonchev–Trinajstić information content (AvgIpc) is 2.73. The van der Waals surface area contributed by atoms with Crippen LogP contribution in [0.3, 0.4) is 0 Å². The zero-order chi connectivity index (χ0) is 20.4. The number of hydrogen-bond donors (Lipinski definition) is 1. The van der Waals surface area contributed by atoms with Crippen LogP contribution >= 0.6 is 23.2 Å². The van der Waals surface area contributed by atoms with E-state index in [1.54, 1.807) is 12.1 Å². The van der Waals surface area contributed by atoms with E-state index in [-0.39, 0.29) is 5.91 Å². The number of para-hydroxylation sites is 1. The van der Waals surface area contributed by atoms with Crippen LogP contribution in [0.15, 0.2) is 72.8 Å². The molecule has 3 nitrogen and oxygen atoms in total. The Morgan fingerprint density at radius 3 is 2.45 bits per heavy atom. The molecule has 0 aliphatic heterocycles. The predicted molar refractivity (Wildman–Crippen MR) is 120 cm³/mol. The fraction of sp³-hybridized carbons (Fsp3) is 0.0833. The quantitative estimate of drug-likeness (QED) is 0.412. The highest BCUT2D eigenvalue weighted by Gasteiger charge is 2.20. The highest BCUT2D eigenvalue weighted by Crippen LogP contribution is 2.34. The third-order valence-corrected chi connectivity index (χ3v) is 5.39. The molecule has 0 atom stereocenters. The van der Waals surface area contributed by atoms with Crippen molar-refractivity contribution < 1.29 is 4.79 Å². The average molecular weight is 421 g/mol. The molecule has 5 heteroatoms. The zero-order valence-corrected chi connectivity index (χ0v) is 17.3. The number of nitrogens with zero attached hydrogens (tertiary/aromatic N) is 1. The van der Waals surface area contributed by atoms with Gasteiger partial charge in [0.1, 0.15) is 0 Å². The molecule has 4 aromatic rings. The van der Waals surface area contributed by atoms with Gasteiger partial charge in [-0.3, -0.25) is 4.79 Å². The van der Waals surface area contributed by atoms with Gasteiger partial charge < -0.3 is 5.32 Å². The molecule has 0 radical (unpaired) electrons. The molecular formula is C24H18Cl2N2O. The second-order valence-corrected chi connectivity index (χ2v) is 7.61. The van der Waals surface area contributed by atoms with Gasteiger partial charge in [-0.15, -0.1) is 0 Å². The number of rotatable bonds is 4. The van der Waals surface area contributed by atoms with Crippen molar-refractivity contribution in [1.29, 1.82) is 0 Å². The monoisotopic (exact) mass is 420 g/mol. The first-order valence-corrected chi connectivity index (χ1v) is 9.97. The van der Waals surface area contributed by atoms with Gasteiger partial charge in [0, 0.05) is 22.5 Å². The first-order chi connectivity index (χ1) is 14.0. The minimum Gasteiger partial charge on any atom is -0.348 e. The summed E-state index contributed by atoms with van der Waals surface area (Å²) in [5.41, 5.74) is 4.58. The standard InChI is InChI=1S/C24H18Cl2N2O/c1-15-22(24(29)27-14-16-7-3-2-4-8-16)19-9-5-6-10-21(19)28-23(15)18-12-11-17(25)13-20(18)26/h2-13H,14H2,1H3,(H,27,29). The summed E-state index contributed by atoms with van der Waals surface area (Å²) in [6.07, 6.45) is 0. The molecule has 1 aromatic heterocycles. The second-order valence-electron chi connectivity index (χ2n) is 6.77. The third kappa shape index (κ3) is 3.98. The van der Waals surface area contributed by atoms with Crippen LogP contribution in [0, 0.1) is 6.92 Å². The maximum Gasteiger partial charge on any atom is 0.252 e. The summed E-state index contributed by atoms with van der Waals surface area (Å²) in [4.78, 5) is 18.0. The molecule has 0 aliphatic carbocycles. The largest absolute Gasteiger partial charge is 0.348 e. The van der Waals surface area contributed by atoms with E-state index in [4.69, 9.17) is 28.2 Å². The Morgan fingerprint density at radius 1 is 0.966 bits per heavy atom. The number of pyridine rings is 1. The van der Waals surface area contributed by atoms with Gasteiger partial charge in [-0.2, -0.15) is 0 Å². The number of benzene rings is 3. The summed E-state index contributed by atoms with van der Waals surface area (Å²) in [7, 11) is 0. The molecule has 1 heterocycles. The van der Waals surface area contributed by atoms with Crippen LogP contribution in [0.25, 0.3) is 22.2 Å². The number of carbonyl (C=O) groups excluding carboxylic acids is 1. The van der Waals surface area contributed by atoms with Crippen LogP contribution in [0.4, 0.5) is 0 Å². The maximum absolute atomic E-state index is 13.2. The number of carbonyl (C=O) groups is 1. The van der Waals surface area contributed by atoms with E-state index >= 15 is 0 Å². The van der Waals surface area contributed by atoms with Crippen LogP contribution in [0.5, 0.6) is 0 Å². The van der Waals surface area contributed by atoms with E-state index in [9.17, 15) is 4.79 Å². The summed E-state index contributed by atoms with van der Waals surface area (Å²) in [6, 6.07) is 22.7. The molecule has 0 spiro atoms. The summed E-state index contributed by atoms with van der Waals surface area (Å²) in [5.74, 6) is -0.142. The molecule has 144 valence electrons. The fourth-order valence-electron chi connectivity index (χ4n) is 3.41. The lowest BCUT2D eigenvalue weighted by molar-refractivity contribution is 0.0952. The number of aromatic nitrogens is 1. The molecular weight excluding hydrogens is 403 g/mol. The highest BCUT2D eigenvalue weighted by atomic mass is 35.5. The molecule has 1 N–H and O–H groups in total. The lowest BCUT2D eigenvalue weighted by atomic mass is 9.97.